The van der Waals surface area contributed by atoms with Gasteiger partial charge in [0.15, 0.2) is 0 Å². The molecule has 0 saturated carbocycles. The Kier molecular flexibility index (Phi) is 5.42. The first-order valence-corrected chi connectivity index (χ1v) is 8.15. The molecule has 2 heterocycles. The van der Waals surface area contributed by atoms with E-state index in [0.29, 0.717) is 11.3 Å². The molecule has 0 aliphatic carbocycles. The summed E-state index contributed by atoms with van der Waals surface area (Å²) in [6.07, 6.45) is 4.15. The number of ether oxygens (including phenoxy) is 1. The number of anilines is 2. The third kappa shape index (κ3) is 4.89. The minimum atomic E-state index is -2.86. The second-order valence-corrected chi connectivity index (χ2v) is 5.85. The van der Waals surface area contributed by atoms with Crippen molar-refractivity contribution in [1.82, 2.24) is 4.98 Å². The maximum absolute atomic E-state index is 12.1. The van der Waals surface area contributed by atoms with E-state index in [1.54, 1.807) is 18.3 Å². The Hall–Kier alpha value is -2.70. The number of carbonyl (C=O) groups is 1. The van der Waals surface area contributed by atoms with Gasteiger partial charge in [-0.3, -0.25) is 4.79 Å². The van der Waals surface area contributed by atoms with Crippen molar-refractivity contribution in [2.75, 3.05) is 23.3 Å². The zero-order valence-corrected chi connectivity index (χ0v) is 13.6. The van der Waals surface area contributed by atoms with E-state index in [1.165, 1.54) is 25.0 Å². The van der Waals surface area contributed by atoms with E-state index in [0.717, 1.165) is 18.9 Å². The predicted octanol–water partition coefficient (Wildman–Crippen LogP) is 3.46. The van der Waals surface area contributed by atoms with Crippen LogP contribution in [-0.4, -0.2) is 30.6 Å². The number of pyridine rings is 1. The summed E-state index contributed by atoms with van der Waals surface area (Å²) in [4.78, 5) is 18.7. The zero-order chi connectivity index (χ0) is 17.6. The van der Waals surface area contributed by atoms with E-state index >= 15 is 0 Å². The Bertz CT molecular complexity index is 699. The summed E-state index contributed by atoms with van der Waals surface area (Å²) in [5.41, 5.74) is 1.34. The monoisotopic (exact) mass is 347 g/mol. The number of halogens is 2. The number of amides is 1. The fraction of sp³-hybridized carbons (Fsp3) is 0.333. The fourth-order valence-corrected chi connectivity index (χ4v) is 2.77. The largest absolute Gasteiger partial charge is 0.435 e. The SMILES string of the molecule is O=C(Cc1ccc(OC(F)F)cc1)Nc1ccc(N2CCCC2)nc1. The van der Waals surface area contributed by atoms with Gasteiger partial charge in [0, 0.05) is 13.1 Å². The maximum atomic E-state index is 12.1. The highest BCUT2D eigenvalue weighted by Crippen LogP contribution is 2.19. The highest BCUT2D eigenvalue weighted by Gasteiger charge is 2.13. The highest BCUT2D eigenvalue weighted by molar-refractivity contribution is 5.92. The molecule has 1 aliphatic rings. The summed E-state index contributed by atoms with van der Waals surface area (Å²) >= 11 is 0. The van der Waals surface area contributed by atoms with Crippen LogP contribution in [0.1, 0.15) is 18.4 Å². The molecule has 132 valence electrons. The summed E-state index contributed by atoms with van der Waals surface area (Å²) < 4.78 is 28.5. The Morgan fingerprint density at radius 2 is 1.88 bits per heavy atom. The van der Waals surface area contributed by atoms with Crippen LogP contribution < -0.4 is 15.0 Å². The molecule has 7 heteroatoms. The van der Waals surface area contributed by atoms with Crippen LogP contribution in [-0.2, 0) is 11.2 Å². The molecule has 1 aliphatic heterocycles. The minimum absolute atomic E-state index is 0.0702. The van der Waals surface area contributed by atoms with Gasteiger partial charge in [-0.05, 0) is 42.7 Å². The van der Waals surface area contributed by atoms with Crippen LogP contribution in [0.15, 0.2) is 42.6 Å². The van der Waals surface area contributed by atoms with Crippen LogP contribution in [0.2, 0.25) is 0 Å². The Balaban J connectivity index is 1.53. The molecule has 1 aromatic carbocycles. The molecular weight excluding hydrogens is 328 g/mol. The van der Waals surface area contributed by atoms with Crippen LogP contribution >= 0.6 is 0 Å². The molecular formula is C18H19F2N3O2. The number of nitrogens with one attached hydrogen (secondary N) is 1. The van der Waals surface area contributed by atoms with Crippen molar-refractivity contribution in [2.45, 2.75) is 25.9 Å². The second-order valence-electron chi connectivity index (χ2n) is 5.85. The number of nitrogens with zero attached hydrogens (tertiary/aromatic N) is 2. The topological polar surface area (TPSA) is 54.5 Å². The quantitative estimate of drug-likeness (QED) is 0.869. The predicted molar refractivity (Wildman–Crippen MR) is 91.1 cm³/mol. The molecule has 25 heavy (non-hydrogen) atoms. The van der Waals surface area contributed by atoms with Crippen LogP contribution in [0.4, 0.5) is 20.3 Å². The first kappa shape index (κ1) is 17.1. The van der Waals surface area contributed by atoms with E-state index < -0.39 is 6.61 Å². The van der Waals surface area contributed by atoms with Gasteiger partial charge in [-0.15, -0.1) is 0 Å². The summed E-state index contributed by atoms with van der Waals surface area (Å²) in [6.45, 7) is -0.821. The molecule has 0 spiro atoms. The van der Waals surface area contributed by atoms with Crippen molar-refractivity contribution < 1.29 is 18.3 Å². The maximum Gasteiger partial charge on any atom is 0.387 e. The Labute approximate surface area is 144 Å². The number of aromatic nitrogens is 1. The van der Waals surface area contributed by atoms with Crippen LogP contribution in [0.3, 0.4) is 0 Å². The molecule has 1 aromatic heterocycles. The van der Waals surface area contributed by atoms with Crippen LogP contribution in [0.25, 0.3) is 0 Å². The lowest BCUT2D eigenvalue weighted by Crippen LogP contribution is -2.19. The fourth-order valence-electron chi connectivity index (χ4n) is 2.77. The van der Waals surface area contributed by atoms with Gasteiger partial charge in [0.1, 0.15) is 11.6 Å². The smallest absolute Gasteiger partial charge is 0.387 e. The Morgan fingerprint density at radius 1 is 1.16 bits per heavy atom. The van der Waals surface area contributed by atoms with Gasteiger partial charge in [-0.25, -0.2) is 4.98 Å². The number of rotatable bonds is 6. The van der Waals surface area contributed by atoms with Crippen LogP contribution in [0.5, 0.6) is 5.75 Å². The average molecular weight is 347 g/mol. The number of alkyl halides is 2. The van der Waals surface area contributed by atoms with Gasteiger partial charge in [-0.1, -0.05) is 12.1 Å². The number of hydrogen-bond acceptors (Lipinski definition) is 4. The first-order chi connectivity index (χ1) is 12.1. The van der Waals surface area contributed by atoms with E-state index in [2.05, 4.69) is 19.9 Å². The van der Waals surface area contributed by atoms with Gasteiger partial charge in [0.05, 0.1) is 18.3 Å². The van der Waals surface area contributed by atoms with Gasteiger partial charge >= 0.3 is 6.61 Å². The van der Waals surface area contributed by atoms with E-state index in [4.69, 9.17) is 0 Å². The van der Waals surface area contributed by atoms with E-state index in [-0.39, 0.29) is 18.1 Å². The van der Waals surface area contributed by atoms with Crippen LogP contribution in [0, 0.1) is 0 Å². The third-order valence-corrected chi connectivity index (χ3v) is 3.97. The lowest BCUT2D eigenvalue weighted by Gasteiger charge is -2.16. The lowest BCUT2D eigenvalue weighted by molar-refractivity contribution is -0.115. The van der Waals surface area contributed by atoms with Crippen molar-refractivity contribution in [2.24, 2.45) is 0 Å². The molecule has 2 aromatic rings. The molecule has 1 N–H and O–H groups in total. The average Bonchev–Trinajstić information content (AvgIpc) is 3.11. The zero-order valence-electron chi connectivity index (χ0n) is 13.6. The van der Waals surface area contributed by atoms with Crippen molar-refractivity contribution in [3.05, 3.63) is 48.2 Å². The van der Waals surface area contributed by atoms with Crippen molar-refractivity contribution in [3.8, 4) is 5.75 Å². The van der Waals surface area contributed by atoms with Crippen molar-refractivity contribution >= 4 is 17.4 Å². The molecule has 5 nitrogen and oxygen atoms in total. The van der Waals surface area contributed by atoms with Gasteiger partial charge in [0.2, 0.25) is 5.91 Å². The summed E-state index contributed by atoms with van der Waals surface area (Å²) in [5, 5.41) is 2.78. The Morgan fingerprint density at radius 3 is 2.48 bits per heavy atom. The molecule has 0 unspecified atom stereocenters. The normalized spacial score (nSPS) is 14.0. The molecule has 1 amide bonds. The molecule has 0 atom stereocenters. The molecule has 0 bridgehead atoms. The van der Waals surface area contributed by atoms with Crippen molar-refractivity contribution in [1.29, 1.82) is 0 Å². The van der Waals surface area contributed by atoms with Gasteiger partial charge in [-0.2, -0.15) is 8.78 Å². The highest BCUT2D eigenvalue weighted by atomic mass is 19.3. The summed E-state index contributed by atoms with van der Waals surface area (Å²) in [7, 11) is 0. The first-order valence-electron chi connectivity index (χ1n) is 8.15. The van der Waals surface area contributed by atoms with Gasteiger partial charge in [0.25, 0.3) is 0 Å². The number of carbonyl (C=O) groups excluding carboxylic acids is 1. The van der Waals surface area contributed by atoms with E-state index in [1.807, 2.05) is 12.1 Å². The second kappa shape index (κ2) is 7.92. The molecule has 1 fully saturated rings. The van der Waals surface area contributed by atoms with Gasteiger partial charge < -0.3 is 15.0 Å². The number of hydrogen-bond donors (Lipinski definition) is 1. The summed E-state index contributed by atoms with van der Waals surface area (Å²) in [6, 6.07) is 9.75. The molecule has 3 rings (SSSR count). The minimum Gasteiger partial charge on any atom is -0.435 e. The standard InChI is InChI=1S/C18H19F2N3O2/c19-18(20)25-15-6-3-13(4-7-15)11-17(24)22-14-5-8-16(21-12-14)23-9-1-2-10-23/h3-8,12,18H,1-2,9-11H2,(H,22,24). The number of benzene rings is 1. The van der Waals surface area contributed by atoms with Crippen molar-refractivity contribution in [3.63, 3.8) is 0 Å². The molecule has 1 saturated heterocycles. The molecule has 0 radical (unpaired) electrons. The third-order valence-electron chi connectivity index (χ3n) is 3.97. The lowest BCUT2D eigenvalue weighted by atomic mass is 10.1. The summed E-state index contributed by atoms with van der Waals surface area (Å²) in [5.74, 6) is 0.796. The van der Waals surface area contributed by atoms with E-state index in [9.17, 15) is 13.6 Å².